The molecule has 1 heterocycles. The van der Waals surface area contributed by atoms with Crippen LogP contribution in [0.4, 0.5) is 5.13 Å². The first-order valence-corrected chi connectivity index (χ1v) is 11.7. The van der Waals surface area contributed by atoms with Crippen LogP contribution in [0.3, 0.4) is 0 Å². The largest absolute Gasteiger partial charge is 0.383 e. The van der Waals surface area contributed by atoms with E-state index in [1.54, 1.807) is 0 Å². The molecule has 4 aliphatic carbocycles. The molecule has 3 saturated carbocycles. The van der Waals surface area contributed by atoms with Gasteiger partial charge in [0.15, 0.2) is 10.9 Å². The zero-order valence-electron chi connectivity index (χ0n) is 17.5. The molecule has 156 valence electrons. The van der Waals surface area contributed by atoms with Gasteiger partial charge in [0.2, 0.25) is 0 Å². The Labute approximate surface area is 176 Å². The minimum Gasteiger partial charge on any atom is -0.383 e. The Morgan fingerprint density at radius 3 is 2.72 bits per heavy atom. The van der Waals surface area contributed by atoms with Crippen molar-refractivity contribution in [1.82, 2.24) is 4.98 Å². The quantitative estimate of drug-likeness (QED) is 0.762. The van der Waals surface area contributed by atoms with E-state index >= 15 is 0 Å². The normalized spacial score (nSPS) is 44.0. The van der Waals surface area contributed by atoms with Gasteiger partial charge in [0.1, 0.15) is 11.4 Å². The molecule has 1 aromatic heterocycles. The van der Waals surface area contributed by atoms with Crippen molar-refractivity contribution in [2.45, 2.75) is 64.4 Å². The molecule has 5 rings (SSSR count). The molecule has 0 radical (unpaired) electrons. The van der Waals surface area contributed by atoms with E-state index in [4.69, 9.17) is 0 Å². The summed E-state index contributed by atoms with van der Waals surface area (Å²) in [6.45, 7) is 4.33. The number of aromatic nitrogens is 1. The van der Waals surface area contributed by atoms with Crippen LogP contribution in [0.2, 0.25) is 0 Å². The van der Waals surface area contributed by atoms with Crippen LogP contribution in [-0.4, -0.2) is 28.7 Å². The smallest absolute Gasteiger partial charge is 0.182 e. The maximum absolute atomic E-state index is 13.6. The molecule has 4 aliphatic rings. The Morgan fingerprint density at radius 1 is 1.21 bits per heavy atom. The lowest BCUT2D eigenvalue weighted by atomic mass is 9.46. The fourth-order valence-electron chi connectivity index (χ4n) is 7.39. The molecule has 6 atom stereocenters. The van der Waals surface area contributed by atoms with Crippen LogP contribution in [0, 0.1) is 28.6 Å². The van der Waals surface area contributed by atoms with Crippen molar-refractivity contribution >= 4 is 28.0 Å². The molecule has 0 spiro atoms. The Bertz CT molecular complexity index is 923. The minimum absolute atomic E-state index is 0.0145. The van der Waals surface area contributed by atoms with Gasteiger partial charge in [-0.15, -0.1) is 11.3 Å². The van der Waals surface area contributed by atoms with E-state index in [-0.39, 0.29) is 28.8 Å². The molecule has 0 aliphatic heterocycles. The van der Waals surface area contributed by atoms with Crippen molar-refractivity contribution in [2.24, 2.45) is 28.6 Å². The molecule has 0 aromatic carbocycles. The standard InChI is InChI=1S/C23H30N2O3S/c1-21-8-6-14(26)10-13(21)4-5-15-16-7-9-23(28,18-12-29-20(24-3)25-18)22(16,2)11-17(27)19(15)21/h10,12,15-16,19,28H,4-9,11H2,1-3H3,(H,24,25). The topological polar surface area (TPSA) is 79.3 Å². The molecule has 0 bridgehead atoms. The lowest BCUT2D eigenvalue weighted by molar-refractivity contribution is -0.162. The summed E-state index contributed by atoms with van der Waals surface area (Å²) in [5.74, 6) is 1.07. The molecular weight excluding hydrogens is 384 g/mol. The van der Waals surface area contributed by atoms with E-state index in [9.17, 15) is 14.7 Å². The van der Waals surface area contributed by atoms with Crippen molar-refractivity contribution in [3.63, 3.8) is 0 Å². The van der Waals surface area contributed by atoms with Gasteiger partial charge in [0, 0.05) is 36.6 Å². The highest BCUT2D eigenvalue weighted by Crippen LogP contribution is 2.68. The number of aliphatic hydroxyl groups is 1. The van der Waals surface area contributed by atoms with Crippen molar-refractivity contribution in [2.75, 3.05) is 12.4 Å². The van der Waals surface area contributed by atoms with Gasteiger partial charge >= 0.3 is 0 Å². The molecule has 1 aromatic rings. The summed E-state index contributed by atoms with van der Waals surface area (Å²) in [7, 11) is 1.84. The Hall–Kier alpha value is -1.53. The fourth-order valence-corrected chi connectivity index (χ4v) is 8.13. The molecule has 3 fully saturated rings. The second-order valence-corrected chi connectivity index (χ2v) is 10.9. The van der Waals surface area contributed by atoms with E-state index < -0.39 is 11.0 Å². The molecule has 6 heteroatoms. The van der Waals surface area contributed by atoms with E-state index in [0.29, 0.717) is 30.9 Å². The van der Waals surface area contributed by atoms with Gasteiger partial charge in [-0.05, 0) is 55.4 Å². The maximum Gasteiger partial charge on any atom is 0.182 e. The summed E-state index contributed by atoms with van der Waals surface area (Å²) in [5, 5.41) is 17.7. The lowest BCUT2D eigenvalue weighted by Gasteiger charge is -2.57. The molecule has 6 unspecified atom stereocenters. The molecule has 2 N–H and O–H groups in total. The fraction of sp³-hybridized carbons (Fsp3) is 0.696. The number of hydrogen-bond acceptors (Lipinski definition) is 6. The number of nitrogens with zero attached hydrogens (tertiary/aromatic N) is 1. The van der Waals surface area contributed by atoms with E-state index in [2.05, 4.69) is 24.1 Å². The highest BCUT2D eigenvalue weighted by atomic mass is 32.1. The Kier molecular flexibility index (Phi) is 4.18. The minimum atomic E-state index is -1.05. The summed E-state index contributed by atoms with van der Waals surface area (Å²) in [5.41, 5.74) is 0.193. The lowest BCUT2D eigenvalue weighted by Crippen LogP contribution is -2.57. The van der Waals surface area contributed by atoms with Crippen LogP contribution in [-0.2, 0) is 15.2 Å². The van der Waals surface area contributed by atoms with Crippen molar-refractivity contribution in [3.05, 3.63) is 22.7 Å². The third-order valence-electron chi connectivity index (χ3n) is 8.95. The van der Waals surface area contributed by atoms with Gasteiger partial charge < -0.3 is 10.4 Å². The number of carbonyl (C=O) groups excluding carboxylic acids is 2. The molecular formula is C23H30N2O3S. The average Bonchev–Trinajstić information content (AvgIpc) is 3.26. The van der Waals surface area contributed by atoms with Gasteiger partial charge in [0.25, 0.3) is 0 Å². The summed E-state index contributed by atoms with van der Waals surface area (Å²) in [6, 6.07) is 0. The monoisotopic (exact) mass is 414 g/mol. The van der Waals surface area contributed by atoms with Gasteiger partial charge in [-0.25, -0.2) is 4.98 Å². The molecule has 29 heavy (non-hydrogen) atoms. The van der Waals surface area contributed by atoms with E-state index in [1.807, 2.05) is 18.5 Å². The molecule has 5 nitrogen and oxygen atoms in total. The first-order valence-electron chi connectivity index (χ1n) is 10.9. The SMILES string of the molecule is CNc1nc(C2(O)CCC3C4CCC5=CC(=O)CCC5(C)C4C(=O)CC32C)cs1. The van der Waals surface area contributed by atoms with Crippen LogP contribution < -0.4 is 5.32 Å². The highest BCUT2D eigenvalue weighted by molar-refractivity contribution is 7.13. The van der Waals surface area contributed by atoms with Gasteiger partial charge in [-0.2, -0.15) is 0 Å². The molecule has 0 amide bonds. The number of Topliss-reactive ketones (excluding diaryl/α,β-unsaturated/α-hetero) is 1. The zero-order valence-corrected chi connectivity index (χ0v) is 18.3. The maximum atomic E-state index is 13.6. The zero-order chi connectivity index (χ0) is 20.6. The number of carbonyl (C=O) groups is 2. The van der Waals surface area contributed by atoms with Crippen molar-refractivity contribution in [3.8, 4) is 0 Å². The predicted octanol–water partition coefficient (Wildman–Crippen LogP) is 4.08. The van der Waals surface area contributed by atoms with Crippen LogP contribution >= 0.6 is 11.3 Å². The van der Waals surface area contributed by atoms with Crippen LogP contribution in [0.15, 0.2) is 17.0 Å². The number of thiazole rings is 1. The van der Waals surface area contributed by atoms with E-state index in [0.717, 1.165) is 30.8 Å². The number of ketones is 2. The third kappa shape index (κ3) is 2.45. The first-order chi connectivity index (χ1) is 13.7. The van der Waals surface area contributed by atoms with Gasteiger partial charge in [0.05, 0.1) is 5.69 Å². The second kappa shape index (κ2) is 6.24. The summed E-state index contributed by atoms with van der Waals surface area (Å²) in [6.07, 6.45) is 7.02. The number of hydrogen-bond donors (Lipinski definition) is 2. The Morgan fingerprint density at radius 2 is 2.00 bits per heavy atom. The number of nitrogens with one attached hydrogen (secondary N) is 1. The number of fused-ring (bicyclic) bond motifs is 5. The van der Waals surface area contributed by atoms with Crippen molar-refractivity contribution in [1.29, 1.82) is 0 Å². The van der Waals surface area contributed by atoms with Crippen LogP contribution in [0.25, 0.3) is 0 Å². The third-order valence-corrected chi connectivity index (χ3v) is 9.81. The average molecular weight is 415 g/mol. The molecule has 0 saturated heterocycles. The van der Waals surface area contributed by atoms with E-state index in [1.165, 1.54) is 16.9 Å². The van der Waals surface area contributed by atoms with Crippen molar-refractivity contribution < 1.29 is 14.7 Å². The van der Waals surface area contributed by atoms with Crippen LogP contribution in [0.1, 0.15) is 64.5 Å². The first kappa shape index (κ1) is 19.4. The summed E-state index contributed by atoms with van der Waals surface area (Å²) >= 11 is 1.50. The number of rotatable bonds is 2. The highest BCUT2D eigenvalue weighted by Gasteiger charge is 2.67. The predicted molar refractivity (Wildman–Crippen MR) is 113 cm³/mol. The summed E-state index contributed by atoms with van der Waals surface area (Å²) in [4.78, 5) is 30.3. The van der Waals surface area contributed by atoms with Gasteiger partial charge in [-0.1, -0.05) is 19.4 Å². The number of anilines is 1. The second-order valence-electron chi connectivity index (χ2n) is 10.1. The van der Waals surface area contributed by atoms with Crippen LogP contribution in [0.5, 0.6) is 0 Å². The Balaban J connectivity index is 1.54. The van der Waals surface area contributed by atoms with Gasteiger partial charge in [-0.3, -0.25) is 9.59 Å². The summed E-state index contributed by atoms with van der Waals surface area (Å²) < 4.78 is 0. The number of allylic oxidation sites excluding steroid dienone is 1.